The number of sulfonamides is 1. The van der Waals surface area contributed by atoms with Crippen LogP contribution in [0, 0.1) is 0 Å². The molecule has 2 aromatic rings. The van der Waals surface area contributed by atoms with Crippen LogP contribution >= 0.6 is 11.3 Å². The summed E-state index contributed by atoms with van der Waals surface area (Å²) in [6.45, 7) is 1.24. The molecule has 30 heavy (non-hydrogen) atoms. The van der Waals surface area contributed by atoms with E-state index in [1.54, 1.807) is 13.0 Å². The van der Waals surface area contributed by atoms with Crippen molar-refractivity contribution < 1.29 is 27.5 Å². The summed E-state index contributed by atoms with van der Waals surface area (Å²) < 4.78 is 31.0. The standard InChI is InChI=1S/C20H20N2O6S2/c1-2-28-20(25)17-12-7-3-5-9-14(12)29-18(17)21-16(23)11-22-19(24)13-8-4-6-10-15(13)30(22,26)27/h4,6,8,10H,2-3,5,7,9,11H2,1H3,(H,21,23). The molecule has 1 aromatic carbocycles. The lowest BCUT2D eigenvalue weighted by Gasteiger charge is -2.15. The lowest BCUT2D eigenvalue weighted by molar-refractivity contribution is -0.116. The van der Waals surface area contributed by atoms with Gasteiger partial charge in [-0.1, -0.05) is 12.1 Å². The Morgan fingerprint density at radius 1 is 1.20 bits per heavy atom. The fraction of sp³-hybridized carbons (Fsp3) is 0.350. The number of benzene rings is 1. The third kappa shape index (κ3) is 3.39. The lowest BCUT2D eigenvalue weighted by atomic mass is 9.95. The highest BCUT2D eigenvalue weighted by Gasteiger charge is 2.42. The molecular weight excluding hydrogens is 428 g/mol. The van der Waals surface area contributed by atoms with Crippen LogP contribution in [0.1, 0.15) is 50.9 Å². The van der Waals surface area contributed by atoms with Crippen molar-refractivity contribution in [2.45, 2.75) is 37.5 Å². The molecule has 0 bridgehead atoms. The summed E-state index contributed by atoms with van der Waals surface area (Å²) >= 11 is 1.30. The van der Waals surface area contributed by atoms with Crippen molar-refractivity contribution in [1.82, 2.24) is 4.31 Å². The molecule has 0 atom stereocenters. The fourth-order valence-corrected chi connectivity index (χ4v) is 6.58. The average Bonchev–Trinajstić information content (AvgIpc) is 3.17. The van der Waals surface area contributed by atoms with Crippen molar-refractivity contribution in [2.75, 3.05) is 18.5 Å². The van der Waals surface area contributed by atoms with Gasteiger partial charge in [0.1, 0.15) is 16.4 Å². The third-order valence-corrected chi connectivity index (χ3v) is 8.10. The quantitative estimate of drug-likeness (QED) is 0.704. The van der Waals surface area contributed by atoms with Gasteiger partial charge in [0.15, 0.2) is 0 Å². The van der Waals surface area contributed by atoms with E-state index in [9.17, 15) is 22.8 Å². The molecular formula is C20H20N2O6S2. The van der Waals surface area contributed by atoms with Crippen LogP contribution in [0.25, 0.3) is 0 Å². The minimum atomic E-state index is -4.09. The molecule has 0 spiro atoms. The minimum Gasteiger partial charge on any atom is -0.462 e. The molecule has 4 rings (SSSR count). The second kappa shape index (κ2) is 7.84. The van der Waals surface area contributed by atoms with Gasteiger partial charge in [-0.2, -0.15) is 0 Å². The summed E-state index contributed by atoms with van der Waals surface area (Å²) in [7, 11) is -4.09. The van der Waals surface area contributed by atoms with Gasteiger partial charge in [-0.15, -0.1) is 11.3 Å². The molecule has 0 saturated heterocycles. The number of amides is 2. The topological polar surface area (TPSA) is 110 Å². The van der Waals surface area contributed by atoms with Crippen LogP contribution in [0.2, 0.25) is 0 Å². The first kappa shape index (κ1) is 20.5. The molecule has 1 aliphatic heterocycles. The number of hydrogen-bond acceptors (Lipinski definition) is 7. The van der Waals surface area contributed by atoms with Crippen LogP contribution in [0.3, 0.4) is 0 Å². The largest absolute Gasteiger partial charge is 0.462 e. The highest BCUT2D eigenvalue weighted by molar-refractivity contribution is 7.90. The zero-order valence-corrected chi connectivity index (χ0v) is 17.9. The molecule has 0 radical (unpaired) electrons. The van der Waals surface area contributed by atoms with E-state index >= 15 is 0 Å². The van der Waals surface area contributed by atoms with Crippen molar-refractivity contribution >= 4 is 44.1 Å². The van der Waals surface area contributed by atoms with Crippen LogP contribution in [-0.4, -0.2) is 43.7 Å². The van der Waals surface area contributed by atoms with Crippen LogP contribution in [0.15, 0.2) is 29.2 Å². The highest BCUT2D eigenvalue weighted by Crippen LogP contribution is 2.39. The van der Waals surface area contributed by atoms with Gasteiger partial charge in [-0.25, -0.2) is 17.5 Å². The number of fused-ring (bicyclic) bond motifs is 2. The first-order valence-electron chi connectivity index (χ1n) is 9.62. The summed E-state index contributed by atoms with van der Waals surface area (Å²) in [5, 5.41) is 2.98. The smallest absolute Gasteiger partial charge is 0.341 e. The third-order valence-electron chi connectivity index (χ3n) is 5.10. The molecule has 0 fully saturated rings. The molecule has 0 saturated carbocycles. The average molecular weight is 449 g/mol. The predicted molar refractivity (Wildman–Crippen MR) is 110 cm³/mol. The highest BCUT2D eigenvalue weighted by atomic mass is 32.2. The number of anilines is 1. The SMILES string of the molecule is CCOC(=O)c1c(NC(=O)CN2C(=O)c3ccccc3S2(=O)=O)sc2c1CCCC2. The number of ether oxygens (including phenoxy) is 1. The Labute approximate surface area is 177 Å². The van der Waals surface area contributed by atoms with Crippen LogP contribution in [0.5, 0.6) is 0 Å². The van der Waals surface area contributed by atoms with E-state index < -0.39 is 34.4 Å². The number of thiophene rings is 1. The summed E-state index contributed by atoms with van der Waals surface area (Å²) in [5.41, 5.74) is 1.27. The molecule has 2 heterocycles. The number of aryl methyl sites for hydroxylation is 1. The molecule has 1 aromatic heterocycles. The van der Waals surface area contributed by atoms with E-state index in [1.165, 1.54) is 29.5 Å². The molecule has 10 heteroatoms. The first-order valence-corrected chi connectivity index (χ1v) is 11.9. The van der Waals surface area contributed by atoms with E-state index in [-0.39, 0.29) is 17.1 Å². The van der Waals surface area contributed by atoms with Crippen LogP contribution < -0.4 is 5.32 Å². The van der Waals surface area contributed by atoms with Gasteiger partial charge in [0.2, 0.25) is 5.91 Å². The van der Waals surface area contributed by atoms with Gasteiger partial charge in [-0.05, 0) is 50.3 Å². The van der Waals surface area contributed by atoms with E-state index in [4.69, 9.17) is 4.74 Å². The molecule has 1 N–H and O–H groups in total. The number of hydrogen-bond donors (Lipinski definition) is 1. The molecule has 8 nitrogen and oxygen atoms in total. The molecule has 2 aliphatic rings. The number of carbonyl (C=O) groups excluding carboxylic acids is 3. The van der Waals surface area contributed by atoms with Gasteiger partial charge in [0.25, 0.3) is 15.9 Å². The van der Waals surface area contributed by atoms with E-state index in [1.807, 2.05) is 0 Å². The van der Waals surface area contributed by atoms with E-state index in [2.05, 4.69) is 5.32 Å². The van der Waals surface area contributed by atoms with Crippen LogP contribution in [0.4, 0.5) is 5.00 Å². The van der Waals surface area contributed by atoms with Gasteiger partial charge in [0, 0.05) is 4.88 Å². The maximum Gasteiger partial charge on any atom is 0.341 e. The van der Waals surface area contributed by atoms with Crippen molar-refractivity contribution in [3.63, 3.8) is 0 Å². The minimum absolute atomic E-state index is 0.0455. The molecule has 158 valence electrons. The number of esters is 1. The van der Waals surface area contributed by atoms with Crippen molar-refractivity contribution in [3.8, 4) is 0 Å². The van der Waals surface area contributed by atoms with Gasteiger partial charge in [0.05, 0.1) is 17.7 Å². The second-order valence-corrected chi connectivity index (χ2v) is 9.93. The van der Waals surface area contributed by atoms with Gasteiger partial charge < -0.3 is 10.1 Å². The summed E-state index contributed by atoms with van der Waals surface area (Å²) in [6.07, 6.45) is 3.49. The van der Waals surface area contributed by atoms with Crippen molar-refractivity contribution in [3.05, 3.63) is 45.8 Å². The number of carbonyl (C=O) groups is 3. The summed E-state index contributed by atoms with van der Waals surface area (Å²) in [4.78, 5) is 38.6. The van der Waals surface area contributed by atoms with Crippen LogP contribution in [-0.2, 0) is 32.4 Å². The van der Waals surface area contributed by atoms with Gasteiger partial charge in [-0.3, -0.25) is 9.59 Å². The van der Waals surface area contributed by atoms with Crippen molar-refractivity contribution in [1.29, 1.82) is 0 Å². The van der Waals surface area contributed by atoms with Gasteiger partial charge >= 0.3 is 5.97 Å². The first-order chi connectivity index (χ1) is 14.3. The molecule has 1 aliphatic carbocycles. The monoisotopic (exact) mass is 448 g/mol. The number of nitrogens with one attached hydrogen (secondary N) is 1. The number of rotatable bonds is 5. The summed E-state index contributed by atoms with van der Waals surface area (Å²) in [5.74, 6) is -1.94. The zero-order chi connectivity index (χ0) is 21.5. The van der Waals surface area contributed by atoms with E-state index in [0.717, 1.165) is 36.1 Å². The van der Waals surface area contributed by atoms with Crippen molar-refractivity contribution in [2.24, 2.45) is 0 Å². The Balaban J connectivity index is 1.59. The Morgan fingerprint density at radius 2 is 1.93 bits per heavy atom. The normalized spacial score (nSPS) is 16.7. The fourth-order valence-electron chi connectivity index (χ4n) is 3.76. The van der Waals surface area contributed by atoms with E-state index in [0.29, 0.717) is 14.9 Å². The Hall–Kier alpha value is -2.72. The molecule has 2 amide bonds. The Morgan fingerprint density at radius 3 is 2.67 bits per heavy atom. The maximum absolute atomic E-state index is 12.7. The predicted octanol–water partition coefficient (Wildman–Crippen LogP) is 2.59. The Bertz CT molecular complexity index is 1150. The second-order valence-electron chi connectivity index (χ2n) is 7.00. The Kier molecular flexibility index (Phi) is 5.37. The zero-order valence-electron chi connectivity index (χ0n) is 16.3. The summed E-state index contributed by atoms with van der Waals surface area (Å²) in [6, 6.07) is 5.85. The number of nitrogens with zero attached hydrogens (tertiary/aromatic N) is 1. The maximum atomic E-state index is 12.7. The molecule has 0 unspecified atom stereocenters. The lowest BCUT2D eigenvalue weighted by Crippen LogP contribution is -2.37.